The van der Waals surface area contributed by atoms with Gasteiger partial charge in [-0.25, -0.2) is 0 Å². The van der Waals surface area contributed by atoms with Crippen molar-refractivity contribution in [2.75, 3.05) is 7.11 Å². The third kappa shape index (κ3) is 3.72. The number of nitrogens with one attached hydrogen (secondary N) is 1. The fraction of sp³-hybridized carbons (Fsp3) is 0.467. The maximum Gasteiger partial charge on any atom is 0.223 e. The molecular formula is C15H19N3O3. The smallest absolute Gasteiger partial charge is 0.223 e. The Morgan fingerprint density at radius 2 is 2.24 bits per heavy atom. The zero-order valence-corrected chi connectivity index (χ0v) is 12.3. The third-order valence-electron chi connectivity index (χ3n) is 3.36. The number of benzene rings is 1. The lowest BCUT2D eigenvalue weighted by molar-refractivity contribution is 0.280. The number of aromatic nitrogens is 2. The van der Waals surface area contributed by atoms with Crippen molar-refractivity contribution < 1.29 is 14.0 Å². The van der Waals surface area contributed by atoms with Crippen LogP contribution in [0.25, 0.3) is 0 Å². The summed E-state index contributed by atoms with van der Waals surface area (Å²) in [5.74, 6) is 2.63. The predicted octanol–water partition coefficient (Wildman–Crippen LogP) is 2.22. The van der Waals surface area contributed by atoms with E-state index in [1.807, 2.05) is 18.2 Å². The molecule has 0 bridgehead atoms. The maximum absolute atomic E-state index is 5.83. The second kappa shape index (κ2) is 6.13. The normalized spacial score (nSPS) is 14.2. The van der Waals surface area contributed by atoms with Crippen molar-refractivity contribution in [2.24, 2.45) is 0 Å². The van der Waals surface area contributed by atoms with Crippen LogP contribution in [0, 0.1) is 6.92 Å². The minimum absolute atomic E-state index is 0.279. The first-order chi connectivity index (χ1) is 10.2. The van der Waals surface area contributed by atoms with E-state index in [0.717, 1.165) is 23.6 Å². The molecule has 1 N–H and O–H groups in total. The summed E-state index contributed by atoms with van der Waals surface area (Å²) in [6, 6.07) is 6.50. The number of nitrogens with zero attached hydrogens (tertiary/aromatic N) is 2. The monoisotopic (exact) mass is 289 g/mol. The van der Waals surface area contributed by atoms with Crippen molar-refractivity contribution in [1.29, 1.82) is 0 Å². The van der Waals surface area contributed by atoms with Gasteiger partial charge in [0.1, 0.15) is 11.5 Å². The fourth-order valence-corrected chi connectivity index (χ4v) is 2.03. The van der Waals surface area contributed by atoms with Crippen LogP contribution in [0.5, 0.6) is 11.5 Å². The SMILES string of the molecule is COc1ccc(CNC2CC2)c(OCc2noc(C)n2)c1. The van der Waals surface area contributed by atoms with Crippen LogP contribution in [0.15, 0.2) is 22.7 Å². The van der Waals surface area contributed by atoms with Gasteiger partial charge in [-0.2, -0.15) is 4.98 Å². The van der Waals surface area contributed by atoms with E-state index in [0.29, 0.717) is 17.8 Å². The maximum atomic E-state index is 5.83. The van der Waals surface area contributed by atoms with Gasteiger partial charge in [0.25, 0.3) is 0 Å². The van der Waals surface area contributed by atoms with Crippen molar-refractivity contribution >= 4 is 0 Å². The van der Waals surface area contributed by atoms with Gasteiger partial charge in [-0.3, -0.25) is 0 Å². The molecular weight excluding hydrogens is 270 g/mol. The summed E-state index contributed by atoms with van der Waals surface area (Å²) >= 11 is 0. The molecule has 1 fully saturated rings. The van der Waals surface area contributed by atoms with Crippen LogP contribution in [0.3, 0.4) is 0 Å². The highest BCUT2D eigenvalue weighted by atomic mass is 16.5. The van der Waals surface area contributed by atoms with Gasteiger partial charge in [0, 0.05) is 31.1 Å². The van der Waals surface area contributed by atoms with Crippen molar-refractivity contribution in [1.82, 2.24) is 15.5 Å². The number of rotatable bonds is 7. The summed E-state index contributed by atoms with van der Waals surface area (Å²) in [7, 11) is 1.64. The number of hydrogen-bond donors (Lipinski definition) is 1. The molecule has 1 aromatic heterocycles. The van der Waals surface area contributed by atoms with Crippen LogP contribution in [0.4, 0.5) is 0 Å². The standard InChI is InChI=1S/C15H19N3O3/c1-10-17-15(18-21-10)9-20-14-7-13(19-2)6-3-11(14)8-16-12-4-5-12/h3,6-7,12,16H,4-5,8-9H2,1-2H3. The lowest BCUT2D eigenvalue weighted by Crippen LogP contribution is -2.16. The molecule has 6 heteroatoms. The molecule has 1 saturated carbocycles. The summed E-state index contributed by atoms with van der Waals surface area (Å²) in [5, 5.41) is 7.31. The zero-order chi connectivity index (χ0) is 14.7. The first-order valence-electron chi connectivity index (χ1n) is 7.07. The molecule has 0 unspecified atom stereocenters. The summed E-state index contributed by atoms with van der Waals surface area (Å²) in [4.78, 5) is 4.13. The van der Waals surface area contributed by atoms with E-state index in [4.69, 9.17) is 14.0 Å². The first-order valence-corrected chi connectivity index (χ1v) is 7.07. The highest BCUT2D eigenvalue weighted by molar-refractivity contribution is 5.40. The molecule has 0 spiro atoms. The quantitative estimate of drug-likeness (QED) is 0.843. The van der Waals surface area contributed by atoms with Crippen LogP contribution >= 0.6 is 0 Å². The zero-order valence-electron chi connectivity index (χ0n) is 12.3. The lowest BCUT2D eigenvalue weighted by Gasteiger charge is -2.12. The van der Waals surface area contributed by atoms with Gasteiger partial charge in [-0.05, 0) is 18.9 Å². The van der Waals surface area contributed by atoms with E-state index in [9.17, 15) is 0 Å². The van der Waals surface area contributed by atoms with Crippen molar-refractivity contribution in [3.8, 4) is 11.5 Å². The van der Waals surface area contributed by atoms with Crippen LogP contribution in [-0.4, -0.2) is 23.3 Å². The first kappa shape index (κ1) is 13.9. The van der Waals surface area contributed by atoms with Crippen LogP contribution in [0.1, 0.15) is 30.1 Å². The van der Waals surface area contributed by atoms with Crippen molar-refractivity contribution in [2.45, 2.75) is 39.0 Å². The van der Waals surface area contributed by atoms with Gasteiger partial charge in [-0.15, -0.1) is 0 Å². The van der Waals surface area contributed by atoms with Gasteiger partial charge >= 0.3 is 0 Å². The van der Waals surface area contributed by atoms with Crippen LogP contribution < -0.4 is 14.8 Å². The van der Waals surface area contributed by atoms with Gasteiger partial charge in [0.05, 0.1) is 7.11 Å². The molecule has 1 aliphatic carbocycles. The Labute approximate surface area is 123 Å². The molecule has 0 saturated heterocycles. The minimum atomic E-state index is 0.279. The highest BCUT2D eigenvalue weighted by Crippen LogP contribution is 2.27. The Hall–Kier alpha value is -2.08. The Morgan fingerprint density at radius 3 is 2.90 bits per heavy atom. The van der Waals surface area contributed by atoms with E-state index in [2.05, 4.69) is 15.5 Å². The van der Waals surface area contributed by atoms with Crippen molar-refractivity contribution in [3.63, 3.8) is 0 Å². The largest absolute Gasteiger partial charge is 0.497 e. The van der Waals surface area contributed by atoms with E-state index < -0.39 is 0 Å². The summed E-state index contributed by atoms with van der Waals surface area (Å²) in [6.45, 7) is 2.82. The lowest BCUT2D eigenvalue weighted by atomic mass is 10.2. The third-order valence-corrected chi connectivity index (χ3v) is 3.36. The van der Waals surface area contributed by atoms with E-state index in [1.165, 1.54) is 12.8 Å². The molecule has 6 nitrogen and oxygen atoms in total. The molecule has 112 valence electrons. The average molecular weight is 289 g/mol. The molecule has 21 heavy (non-hydrogen) atoms. The Morgan fingerprint density at radius 1 is 1.38 bits per heavy atom. The Kier molecular flexibility index (Phi) is 4.06. The van der Waals surface area contributed by atoms with Crippen LogP contribution in [-0.2, 0) is 13.2 Å². The molecule has 0 atom stereocenters. The predicted molar refractivity (Wildman–Crippen MR) is 76.2 cm³/mol. The van der Waals surface area contributed by atoms with Crippen molar-refractivity contribution in [3.05, 3.63) is 35.5 Å². The summed E-state index contributed by atoms with van der Waals surface area (Å²) in [5.41, 5.74) is 1.10. The van der Waals surface area contributed by atoms with E-state index in [1.54, 1.807) is 14.0 Å². The van der Waals surface area contributed by atoms with Gasteiger partial charge in [-0.1, -0.05) is 11.2 Å². The molecule has 2 aromatic rings. The van der Waals surface area contributed by atoms with Gasteiger partial charge in [0.2, 0.25) is 11.7 Å². The molecule has 1 aromatic carbocycles. The topological polar surface area (TPSA) is 69.4 Å². The second-order valence-electron chi connectivity index (χ2n) is 5.15. The van der Waals surface area contributed by atoms with Gasteiger partial charge < -0.3 is 19.3 Å². The molecule has 0 amide bonds. The van der Waals surface area contributed by atoms with Crippen LogP contribution in [0.2, 0.25) is 0 Å². The Balaban J connectivity index is 1.69. The fourth-order valence-electron chi connectivity index (χ4n) is 2.03. The second-order valence-corrected chi connectivity index (χ2v) is 5.15. The molecule has 1 aliphatic rings. The summed E-state index contributed by atoms with van der Waals surface area (Å²) in [6.07, 6.45) is 2.52. The average Bonchev–Trinajstić information content (AvgIpc) is 3.24. The molecule has 0 radical (unpaired) electrons. The number of ether oxygens (including phenoxy) is 2. The molecule has 3 rings (SSSR count). The molecule has 1 heterocycles. The molecule has 0 aliphatic heterocycles. The summed E-state index contributed by atoms with van der Waals surface area (Å²) < 4.78 is 16.0. The van der Waals surface area contributed by atoms with Gasteiger partial charge in [0.15, 0.2) is 6.61 Å². The minimum Gasteiger partial charge on any atom is -0.497 e. The Bertz CT molecular complexity index is 608. The number of aryl methyl sites for hydroxylation is 1. The van der Waals surface area contributed by atoms with E-state index in [-0.39, 0.29) is 6.61 Å². The number of methoxy groups -OCH3 is 1. The highest BCUT2D eigenvalue weighted by Gasteiger charge is 2.20. The van der Waals surface area contributed by atoms with E-state index >= 15 is 0 Å². The number of hydrogen-bond acceptors (Lipinski definition) is 6.